The van der Waals surface area contributed by atoms with Crippen LogP contribution < -0.4 is 10.6 Å². The predicted octanol–water partition coefficient (Wildman–Crippen LogP) is 3.84. The molecule has 0 aliphatic heterocycles. The van der Waals surface area contributed by atoms with Crippen molar-refractivity contribution >= 4 is 31.4 Å². The minimum atomic E-state index is -3.77. The van der Waals surface area contributed by atoms with E-state index in [9.17, 15) is 13.2 Å². The summed E-state index contributed by atoms with van der Waals surface area (Å²) in [5, 5.41) is 5.78. The molecule has 2 aromatic heterocycles. The highest BCUT2D eigenvalue weighted by Crippen LogP contribution is 2.37. The normalized spacial score (nSPS) is 11.7. The molecule has 0 radical (unpaired) electrons. The summed E-state index contributed by atoms with van der Waals surface area (Å²) >= 11 is 1.45. The molecule has 0 saturated heterocycles. The van der Waals surface area contributed by atoms with Gasteiger partial charge in [-0.15, -0.1) is 11.3 Å². The van der Waals surface area contributed by atoms with E-state index >= 15 is 0 Å². The first-order valence-corrected chi connectivity index (χ1v) is 10.0. The van der Waals surface area contributed by atoms with Gasteiger partial charge in [-0.1, -0.05) is 24.3 Å². The van der Waals surface area contributed by atoms with Gasteiger partial charge < -0.3 is 4.42 Å². The molecule has 0 bridgehead atoms. The van der Waals surface area contributed by atoms with E-state index in [1.165, 1.54) is 29.7 Å². The van der Waals surface area contributed by atoms with Gasteiger partial charge in [0.25, 0.3) is 0 Å². The Balaban J connectivity index is 2.03. The second-order valence-electron chi connectivity index (χ2n) is 5.68. The van der Waals surface area contributed by atoms with Gasteiger partial charge in [-0.2, -0.15) is 0 Å². The number of hydrogen-bond acceptors (Lipinski definition) is 5. The second kappa shape index (κ2) is 6.21. The number of nitrogens with two attached hydrogens (primary N) is 1. The summed E-state index contributed by atoms with van der Waals surface area (Å²) in [6, 6.07) is 17.0. The number of sulfonamides is 1. The van der Waals surface area contributed by atoms with E-state index in [1.807, 2.05) is 18.2 Å². The zero-order valence-corrected chi connectivity index (χ0v) is 15.0. The Labute approximate surface area is 153 Å². The summed E-state index contributed by atoms with van der Waals surface area (Å²) < 4.78 is 29.3. The van der Waals surface area contributed by atoms with Gasteiger partial charge in [0, 0.05) is 15.0 Å². The molecule has 0 saturated carbocycles. The van der Waals surface area contributed by atoms with Crippen molar-refractivity contribution in [2.75, 3.05) is 0 Å². The minimum Gasteiger partial charge on any atom is -0.464 e. The Bertz CT molecular complexity index is 1260. The van der Waals surface area contributed by atoms with Crippen LogP contribution in [0.15, 0.2) is 81.0 Å². The number of hydrogen-bond donors (Lipinski definition) is 1. The smallest absolute Gasteiger partial charge is 0.238 e. The number of benzene rings is 2. The highest BCUT2D eigenvalue weighted by molar-refractivity contribution is 7.89. The van der Waals surface area contributed by atoms with Gasteiger partial charge in [0.05, 0.1) is 16.7 Å². The van der Waals surface area contributed by atoms with Crippen LogP contribution in [-0.4, -0.2) is 8.42 Å². The van der Waals surface area contributed by atoms with Gasteiger partial charge in [-0.05, 0) is 42.0 Å². The molecule has 7 heteroatoms. The van der Waals surface area contributed by atoms with Crippen LogP contribution in [0.1, 0.15) is 0 Å². The average Bonchev–Trinajstić information content (AvgIpc) is 3.15. The van der Waals surface area contributed by atoms with Crippen LogP contribution in [0.2, 0.25) is 0 Å². The molecule has 0 aliphatic carbocycles. The SMILES string of the molecule is NS(=O)(=O)c1ccc(-c2sc3ccccc3c(=O)c2-c2ccco2)cc1. The third-order valence-corrected chi connectivity index (χ3v) is 6.16. The summed E-state index contributed by atoms with van der Waals surface area (Å²) in [5.41, 5.74) is 1.05. The molecule has 2 aromatic carbocycles. The van der Waals surface area contributed by atoms with Crippen LogP contribution in [0.3, 0.4) is 0 Å². The van der Waals surface area contributed by atoms with Gasteiger partial charge in [0.2, 0.25) is 10.0 Å². The van der Waals surface area contributed by atoms with Crippen molar-refractivity contribution in [3.05, 3.63) is 77.2 Å². The molecule has 0 aliphatic rings. The molecule has 0 fully saturated rings. The van der Waals surface area contributed by atoms with Gasteiger partial charge >= 0.3 is 0 Å². The van der Waals surface area contributed by atoms with E-state index in [4.69, 9.17) is 9.56 Å². The lowest BCUT2D eigenvalue weighted by atomic mass is 10.1. The molecule has 4 rings (SSSR count). The molecule has 26 heavy (non-hydrogen) atoms. The van der Waals surface area contributed by atoms with E-state index in [2.05, 4.69) is 0 Å². The third kappa shape index (κ3) is 2.86. The van der Waals surface area contributed by atoms with E-state index in [0.29, 0.717) is 21.6 Å². The molecule has 0 spiro atoms. The maximum absolute atomic E-state index is 13.1. The van der Waals surface area contributed by atoms with Crippen molar-refractivity contribution in [1.82, 2.24) is 0 Å². The first-order valence-electron chi connectivity index (χ1n) is 7.68. The first-order chi connectivity index (χ1) is 12.4. The fourth-order valence-electron chi connectivity index (χ4n) is 2.79. The fourth-order valence-corrected chi connectivity index (χ4v) is 4.49. The van der Waals surface area contributed by atoms with Crippen LogP contribution in [0.5, 0.6) is 0 Å². The van der Waals surface area contributed by atoms with Crippen LogP contribution in [-0.2, 0) is 10.0 Å². The van der Waals surface area contributed by atoms with Crippen molar-refractivity contribution in [3.63, 3.8) is 0 Å². The van der Waals surface area contributed by atoms with E-state index in [0.717, 1.165) is 10.3 Å². The molecule has 4 aromatic rings. The van der Waals surface area contributed by atoms with Crippen molar-refractivity contribution in [3.8, 4) is 21.8 Å². The summed E-state index contributed by atoms with van der Waals surface area (Å²) in [5.74, 6) is 0.475. The van der Waals surface area contributed by atoms with Gasteiger partial charge in [-0.3, -0.25) is 4.79 Å². The Kier molecular flexibility index (Phi) is 3.99. The summed E-state index contributed by atoms with van der Waals surface area (Å²) in [4.78, 5) is 13.8. The fraction of sp³-hybridized carbons (Fsp3) is 0. The van der Waals surface area contributed by atoms with Crippen LogP contribution in [0, 0.1) is 0 Å². The topological polar surface area (TPSA) is 90.4 Å². The van der Waals surface area contributed by atoms with Crippen LogP contribution in [0.25, 0.3) is 31.9 Å². The van der Waals surface area contributed by atoms with E-state index < -0.39 is 10.0 Å². The lowest BCUT2D eigenvalue weighted by Gasteiger charge is -2.09. The highest BCUT2D eigenvalue weighted by Gasteiger charge is 2.18. The van der Waals surface area contributed by atoms with Crippen molar-refractivity contribution in [2.45, 2.75) is 4.90 Å². The zero-order chi connectivity index (χ0) is 18.3. The van der Waals surface area contributed by atoms with E-state index in [1.54, 1.807) is 30.3 Å². The maximum Gasteiger partial charge on any atom is 0.238 e. The van der Waals surface area contributed by atoms with Gasteiger partial charge in [-0.25, -0.2) is 13.6 Å². The molecule has 2 heterocycles. The molecule has 0 atom stereocenters. The minimum absolute atomic E-state index is 0.0222. The Morgan fingerprint density at radius 2 is 1.65 bits per heavy atom. The molecule has 5 nitrogen and oxygen atoms in total. The second-order valence-corrected chi connectivity index (χ2v) is 8.29. The number of furan rings is 1. The Hall–Kier alpha value is -2.74. The maximum atomic E-state index is 13.1. The zero-order valence-electron chi connectivity index (χ0n) is 13.4. The molecule has 0 unspecified atom stereocenters. The summed E-state index contributed by atoms with van der Waals surface area (Å²) in [6.07, 6.45) is 1.52. The Morgan fingerprint density at radius 1 is 0.923 bits per heavy atom. The first kappa shape index (κ1) is 16.7. The number of rotatable bonds is 3. The van der Waals surface area contributed by atoms with Crippen LogP contribution in [0.4, 0.5) is 0 Å². The lowest BCUT2D eigenvalue weighted by molar-refractivity contribution is 0.582. The molecular formula is C19H13NO4S2. The molecule has 130 valence electrons. The summed E-state index contributed by atoms with van der Waals surface area (Å²) in [6.45, 7) is 0. The quantitative estimate of drug-likeness (QED) is 0.582. The monoisotopic (exact) mass is 383 g/mol. The standard InChI is InChI=1S/C19H13NO4S2/c20-26(22,23)13-9-7-12(8-10-13)19-17(15-5-3-11-24-15)18(21)14-4-1-2-6-16(14)25-19/h1-11H,(H2,20,22,23). The van der Waals surface area contributed by atoms with Crippen molar-refractivity contribution < 1.29 is 12.8 Å². The van der Waals surface area contributed by atoms with Gasteiger partial charge in [0.15, 0.2) is 5.43 Å². The van der Waals surface area contributed by atoms with Crippen molar-refractivity contribution in [2.24, 2.45) is 5.14 Å². The largest absolute Gasteiger partial charge is 0.464 e. The van der Waals surface area contributed by atoms with E-state index in [-0.39, 0.29) is 10.3 Å². The van der Waals surface area contributed by atoms with Crippen molar-refractivity contribution in [1.29, 1.82) is 0 Å². The molecule has 0 amide bonds. The van der Waals surface area contributed by atoms with Gasteiger partial charge in [0.1, 0.15) is 5.76 Å². The molecular weight excluding hydrogens is 370 g/mol. The molecule has 2 N–H and O–H groups in total. The Morgan fingerprint density at radius 3 is 2.31 bits per heavy atom. The highest BCUT2D eigenvalue weighted by atomic mass is 32.2. The predicted molar refractivity (Wildman–Crippen MR) is 103 cm³/mol. The summed E-state index contributed by atoms with van der Waals surface area (Å²) in [7, 11) is -3.77. The number of primary sulfonamides is 1. The third-order valence-electron chi connectivity index (χ3n) is 4.01. The van der Waals surface area contributed by atoms with Crippen LogP contribution >= 0.6 is 11.3 Å². The lowest BCUT2D eigenvalue weighted by Crippen LogP contribution is -2.11. The average molecular weight is 383 g/mol. The number of fused-ring (bicyclic) bond motifs is 1.